The van der Waals surface area contributed by atoms with E-state index in [1.807, 2.05) is 30.3 Å². The first-order chi connectivity index (χ1) is 9.67. The van der Waals surface area contributed by atoms with Gasteiger partial charge >= 0.3 is 5.97 Å². The maximum atomic E-state index is 12.2. The third-order valence-corrected chi connectivity index (χ3v) is 4.41. The molecule has 1 aromatic carbocycles. The summed E-state index contributed by atoms with van der Waals surface area (Å²) >= 11 is 0. The summed E-state index contributed by atoms with van der Waals surface area (Å²) in [5.41, 5.74) is 0.0690. The molecule has 1 saturated carbocycles. The monoisotopic (exact) mass is 271 g/mol. The van der Waals surface area contributed by atoms with Crippen LogP contribution in [0.2, 0.25) is 0 Å². The Labute approximate surface area is 120 Å². The number of esters is 1. The summed E-state index contributed by atoms with van der Waals surface area (Å²) in [6, 6.07) is 11.8. The molecule has 0 heterocycles. The van der Waals surface area contributed by atoms with Gasteiger partial charge < -0.3 is 4.74 Å². The fraction of sp³-hybridized carbons (Fsp3) is 0.529. The summed E-state index contributed by atoms with van der Waals surface area (Å²) in [6.45, 7) is 4.48. The van der Waals surface area contributed by atoms with Crippen LogP contribution in [0.3, 0.4) is 0 Å². The van der Waals surface area contributed by atoms with E-state index in [0.717, 1.165) is 18.4 Å². The molecule has 1 aliphatic carbocycles. The first-order valence-corrected chi connectivity index (χ1v) is 7.30. The lowest BCUT2D eigenvalue weighted by atomic mass is 9.91. The molecular formula is C17H21NO2. The average Bonchev–Trinajstić information content (AvgIpc) is 3.23. The van der Waals surface area contributed by atoms with Gasteiger partial charge in [-0.15, -0.1) is 0 Å². The molecule has 0 saturated heterocycles. The summed E-state index contributed by atoms with van der Waals surface area (Å²) in [4.78, 5) is 12.2. The van der Waals surface area contributed by atoms with Gasteiger partial charge in [0.05, 0.1) is 6.07 Å². The van der Waals surface area contributed by atoms with Crippen LogP contribution in [0.25, 0.3) is 0 Å². The van der Waals surface area contributed by atoms with Crippen molar-refractivity contribution in [1.29, 1.82) is 5.26 Å². The Morgan fingerprint density at radius 1 is 1.40 bits per heavy atom. The quantitative estimate of drug-likeness (QED) is 0.741. The van der Waals surface area contributed by atoms with E-state index in [4.69, 9.17) is 4.74 Å². The van der Waals surface area contributed by atoms with Gasteiger partial charge in [-0.3, -0.25) is 4.79 Å². The van der Waals surface area contributed by atoms with Gasteiger partial charge in [0, 0.05) is 0 Å². The number of hydrogen-bond acceptors (Lipinski definition) is 3. The number of benzene rings is 1. The summed E-state index contributed by atoms with van der Waals surface area (Å²) < 4.78 is 5.35. The van der Waals surface area contributed by atoms with Gasteiger partial charge in [0.25, 0.3) is 0 Å². The van der Waals surface area contributed by atoms with Crippen molar-refractivity contribution in [2.24, 2.45) is 17.3 Å². The molecule has 0 unspecified atom stereocenters. The lowest BCUT2D eigenvalue weighted by Crippen LogP contribution is -2.22. The molecule has 0 spiro atoms. The van der Waals surface area contributed by atoms with Crippen LogP contribution in [0, 0.1) is 28.6 Å². The topological polar surface area (TPSA) is 50.1 Å². The third-order valence-electron chi connectivity index (χ3n) is 4.41. The van der Waals surface area contributed by atoms with Crippen molar-refractivity contribution in [3.63, 3.8) is 0 Å². The molecule has 0 aliphatic heterocycles. The highest BCUT2D eigenvalue weighted by atomic mass is 16.5. The summed E-state index contributed by atoms with van der Waals surface area (Å²) in [5, 5.41) is 9.38. The molecule has 1 fully saturated rings. The molecule has 3 heteroatoms. The number of ether oxygens (including phenoxy) is 1. The summed E-state index contributed by atoms with van der Waals surface area (Å²) in [5.74, 6) is 0.269. The number of hydrogen-bond donors (Lipinski definition) is 0. The number of carbonyl (C=O) groups is 1. The Morgan fingerprint density at radius 3 is 2.60 bits per heavy atom. The zero-order valence-corrected chi connectivity index (χ0v) is 12.1. The van der Waals surface area contributed by atoms with Gasteiger partial charge in [-0.2, -0.15) is 5.26 Å². The number of carbonyl (C=O) groups excluding carboxylic acids is 1. The van der Waals surface area contributed by atoms with Crippen LogP contribution in [-0.4, -0.2) is 5.97 Å². The average molecular weight is 271 g/mol. The fourth-order valence-corrected chi connectivity index (χ4v) is 2.98. The predicted molar refractivity (Wildman–Crippen MR) is 76.5 cm³/mol. The van der Waals surface area contributed by atoms with Gasteiger partial charge in [-0.1, -0.05) is 57.0 Å². The standard InChI is InChI=1S/C17H21NO2/c1-3-14(4-2)15-10-17(15,12-18)16(19)20-11-13-8-6-5-7-9-13/h5-9,14-15H,3-4,10-11H2,1-2H3/t15-,17-/m1/s1. The molecule has 1 aliphatic rings. The maximum absolute atomic E-state index is 12.2. The van der Waals surface area contributed by atoms with Crippen LogP contribution in [-0.2, 0) is 16.1 Å². The van der Waals surface area contributed by atoms with Gasteiger partial charge in [0.15, 0.2) is 5.41 Å². The summed E-state index contributed by atoms with van der Waals surface area (Å²) in [6.07, 6.45) is 2.68. The molecule has 1 aromatic rings. The van der Waals surface area contributed by atoms with Crippen molar-refractivity contribution >= 4 is 5.97 Å². The van der Waals surface area contributed by atoms with Crippen LogP contribution < -0.4 is 0 Å². The zero-order chi connectivity index (χ0) is 14.6. The molecular weight excluding hydrogens is 250 g/mol. The van der Waals surface area contributed by atoms with Crippen molar-refractivity contribution in [2.45, 2.75) is 39.7 Å². The lowest BCUT2D eigenvalue weighted by Gasteiger charge is -2.15. The minimum atomic E-state index is -0.883. The molecule has 3 nitrogen and oxygen atoms in total. The second kappa shape index (κ2) is 6.09. The largest absolute Gasteiger partial charge is 0.460 e. The van der Waals surface area contributed by atoms with E-state index in [2.05, 4.69) is 19.9 Å². The van der Waals surface area contributed by atoms with Gasteiger partial charge in [0.1, 0.15) is 6.61 Å². The smallest absolute Gasteiger partial charge is 0.327 e. The van der Waals surface area contributed by atoms with Crippen LogP contribution in [0.1, 0.15) is 38.7 Å². The predicted octanol–water partition coefficient (Wildman–Crippen LogP) is 3.70. The normalized spacial score (nSPS) is 24.2. The summed E-state index contributed by atoms with van der Waals surface area (Å²) in [7, 11) is 0. The second-order valence-electron chi connectivity index (χ2n) is 5.53. The van der Waals surface area contributed by atoms with Gasteiger partial charge in [-0.05, 0) is 23.8 Å². The van der Waals surface area contributed by atoms with E-state index in [1.54, 1.807) is 0 Å². The van der Waals surface area contributed by atoms with E-state index in [0.29, 0.717) is 12.3 Å². The Bertz CT molecular complexity index is 501. The highest BCUT2D eigenvalue weighted by Crippen LogP contribution is 2.58. The SMILES string of the molecule is CCC(CC)[C@H]1C[C@]1(C#N)C(=O)OCc1ccccc1. The van der Waals surface area contributed by atoms with E-state index in [-0.39, 0.29) is 18.5 Å². The molecule has 0 radical (unpaired) electrons. The highest BCUT2D eigenvalue weighted by Gasteiger charge is 2.64. The van der Waals surface area contributed by atoms with Crippen LogP contribution in [0.4, 0.5) is 0 Å². The molecule has 0 amide bonds. The molecule has 0 bridgehead atoms. The minimum Gasteiger partial charge on any atom is -0.460 e. The molecule has 106 valence electrons. The highest BCUT2D eigenvalue weighted by molar-refractivity contribution is 5.84. The second-order valence-corrected chi connectivity index (χ2v) is 5.53. The molecule has 2 rings (SSSR count). The molecule has 0 aromatic heterocycles. The first kappa shape index (κ1) is 14.6. The molecule has 2 atom stereocenters. The molecule has 20 heavy (non-hydrogen) atoms. The van der Waals surface area contributed by atoms with Crippen molar-refractivity contribution in [3.8, 4) is 6.07 Å². The van der Waals surface area contributed by atoms with E-state index < -0.39 is 5.41 Å². The van der Waals surface area contributed by atoms with Crippen molar-refractivity contribution < 1.29 is 9.53 Å². The number of nitrogens with zero attached hydrogens (tertiary/aromatic N) is 1. The van der Waals surface area contributed by atoms with Crippen molar-refractivity contribution in [3.05, 3.63) is 35.9 Å². The van der Waals surface area contributed by atoms with Crippen LogP contribution in [0.5, 0.6) is 0 Å². The number of rotatable bonds is 6. The van der Waals surface area contributed by atoms with E-state index in [1.165, 1.54) is 0 Å². The Kier molecular flexibility index (Phi) is 4.44. The van der Waals surface area contributed by atoms with Crippen molar-refractivity contribution in [1.82, 2.24) is 0 Å². The molecule has 0 N–H and O–H groups in total. The fourth-order valence-electron chi connectivity index (χ4n) is 2.98. The Balaban J connectivity index is 1.97. The Morgan fingerprint density at radius 2 is 2.05 bits per heavy atom. The van der Waals surface area contributed by atoms with Crippen molar-refractivity contribution in [2.75, 3.05) is 0 Å². The third kappa shape index (κ3) is 2.70. The van der Waals surface area contributed by atoms with E-state index >= 15 is 0 Å². The zero-order valence-electron chi connectivity index (χ0n) is 12.1. The number of nitriles is 1. The van der Waals surface area contributed by atoms with E-state index in [9.17, 15) is 10.1 Å². The first-order valence-electron chi connectivity index (χ1n) is 7.30. The van der Waals surface area contributed by atoms with Crippen LogP contribution >= 0.6 is 0 Å². The van der Waals surface area contributed by atoms with Gasteiger partial charge in [-0.25, -0.2) is 0 Å². The lowest BCUT2D eigenvalue weighted by molar-refractivity contribution is -0.150. The van der Waals surface area contributed by atoms with Crippen LogP contribution in [0.15, 0.2) is 30.3 Å². The minimum absolute atomic E-state index is 0.172. The van der Waals surface area contributed by atoms with Gasteiger partial charge in [0.2, 0.25) is 0 Å². The maximum Gasteiger partial charge on any atom is 0.327 e. The Hall–Kier alpha value is -1.82.